The normalized spacial score (nSPS) is 18.5. The molecule has 1 amide bonds. The second kappa shape index (κ2) is 5.68. The highest BCUT2D eigenvalue weighted by Gasteiger charge is 2.34. The molecule has 110 valence electrons. The molecule has 2 aromatic rings. The Hall–Kier alpha value is -2.17. The lowest BCUT2D eigenvalue weighted by Crippen LogP contribution is -2.24. The maximum absolute atomic E-state index is 12.2. The molecule has 1 aliphatic heterocycles. The van der Waals surface area contributed by atoms with Gasteiger partial charge in [-0.2, -0.15) is 4.98 Å². The summed E-state index contributed by atoms with van der Waals surface area (Å²) in [5.41, 5.74) is 2.12. The minimum atomic E-state index is -0.00286. The molecule has 5 nitrogen and oxygen atoms in total. The van der Waals surface area contributed by atoms with Crippen LogP contribution >= 0.6 is 0 Å². The van der Waals surface area contributed by atoms with Gasteiger partial charge in [-0.1, -0.05) is 29.8 Å². The van der Waals surface area contributed by atoms with Gasteiger partial charge in [0.2, 0.25) is 11.8 Å². The fraction of sp³-hybridized carbons (Fsp3) is 0.438. The Labute approximate surface area is 124 Å². The first-order chi connectivity index (χ1) is 10.2. The zero-order valence-electron chi connectivity index (χ0n) is 12.4. The van der Waals surface area contributed by atoms with Gasteiger partial charge in [0.05, 0.1) is 5.92 Å². The lowest BCUT2D eigenvalue weighted by molar-refractivity contribution is -0.117. The first kappa shape index (κ1) is 13.8. The van der Waals surface area contributed by atoms with Gasteiger partial charge in [-0.25, -0.2) is 0 Å². The number of nitrogens with zero attached hydrogens (tertiary/aromatic N) is 3. The topological polar surface area (TPSA) is 59.2 Å². The Morgan fingerprint density at radius 2 is 2.10 bits per heavy atom. The van der Waals surface area contributed by atoms with Crippen LogP contribution in [-0.2, 0) is 11.2 Å². The van der Waals surface area contributed by atoms with E-state index >= 15 is 0 Å². The van der Waals surface area contributed by atoms with Gasteiger partial charge in [-0.15, -0.1) is 0 Å². The molecule has 0 saturated carbocycles. The molecule has 0 aliphatic carbocycles. The lowest BCUT2D eigenvalue weighted by atomic mass is 10.1. The molecule has 1 aliphatic rings. The number of hydrogen-bond acceptors (Lipinski definition) is 4. The van der Waals surface area contributed by atoms with Crippen LogP contribution in [-0.4, -0.2) is 22.6 Å². The van der Waals surface area contributed by atoms with E-state index in [4.69, 9.17) is 4.52 Å². The van der Waals surface area contributed by atoms with Crippen LogP contribution in [0.15, 0.2) is 28.8 Å². The lowest BCUT2D eigenvalue weighted by Gasteiger charge is -2.16. The predicted molar refractivity (Wildman–Crippen MR) is 79.2 cm³/mol. The number of hydrogen-bond donors (Lipinski definition) is 0. The van der Waals surface area contributed by atoms with Crippen LogP contribution in [0.1, 0.15) is 43.0 Å². The van der Waals surface area contributed by atoms with E-state index in [1.54, 1.807) is 4.90 Å². The van der Waals surface area contributed by atoms with Crippen molar-refractivity contribution in [1.29, 1.82) is 0 Å². The smallest absolute Gasteiger partial charge is 0.232 e. The summed E-state index contributed by atoms with van der Waals surface area (Å²) < 4.78 is 5.31. The van der Waals surface area contributed by atoms with E-state index in [9.17, 15) is 4.79 Å². The Morgan fingerprint density at radius 3 is 2.81 bits per heavy atom. The number of carbonyl (C=O) groups excluding carboxylic acids is 1. The molecule has 0 radical (unpaired) electrons. The van der Waals surface area contributed by atoms with Crippen molar-refractivity contribution >= 4 is 11.6 Å². The van der Waals surface area contributed by atoms with Crippen molar-refractivity contribution in [2.45, 2.75) is 39.0 Å². The molecular weight excluding hydrogens is 266 g/mol. The van der Waals surface area contributed by atoms with Gasteiger partial charge >= 0.3 is 0 Å². The first-order valence-electron chi connectivity index (χ1n) is 7.37. The molecule has 1 atom stereocenters. The Balaban J connectivity index is 1.75. The van der Waals surface area contributed by atoms with Crippen molar-refractivity contribution in [3.8, 4) is 0 Å². The van der Waals surface area contributed by atoms with Gasteiger partial charge < -0.3 is 9.42 Å². The van der Waals surface area contributed by atoms with Crippen LogP contribution in [0.2, 0.25) is 0 Å². The van der Waals surface area contributed by atoms with Crippen LogP contribution in [0.25, 0.3) is 0 Å². The fourth-order valence-electron chi connectivity index (χ4n) is 2.61. The molecule has 21 heavy (non-hydrogen) atoms. The largest absolute Gasteiger partial charge is 0.339 e. The van der Waals surface area contributed by atoms with Crippen molar-refractivity contribution in [1.82, 2.24) is 10.1 Å². The molecule has 1 saturated heterocycles. The standard InChI is InChI=1S/C16H19N3O2/c1-3-4-14-17-16(21-18-14)12-9-15(20)19(10-12)13-7-5-11(2)6-8-13/h5-8,12H,3-4,9-10H2,1-2H3. The SMILES string of the molecule is CCCc1noc(C2CC(=O)N(c3ccc(C)cc3)C2)n1. The molecular formula is C16H19N3O2. The maximum atomic E-state index is 12.2. The third-order valence-electron chi connectivity index (χ3n) is 3.78. The maximum Gasteiger partial charge on any atom is 0.232 e. The number of amides is 1. The fourth-order valence-corrected chi connectivity index (χ4v) is 2.61. The van der Waals surface area contributed by atoms with Gasteiger partial charge in [0.15, 0.2) is 5.82 Å². The van der Waals surface area contributed by atoms with Crippen molar-refractivity contribution in [2.24, 2.45) is 0 Å². The van der Waals surface area contributed by atoms with E-state index in [1.165, 1.54) is 5.56 Å². The van der Waals surface area contributed by atoms with Crippen molar-refractivity contribution in [2.75, 3.05) is 11.4 Å². The molecule has 2 heterocycles. The third kappa shape index (κ3) is 2.82. The molecule has 1 fully saturated rings. The Bertz CT molecular complexity index is 633. The summed E-state index contributed by atoms with van der Waals surface area (Å²) in [4.78, 5) is 18.4. The van der Waals surface area contributed by atoms with Crippen LogP contribution in [0, 0.1) is 6.92 Å². The van der Waals surface area contributed by atoms with Gasteiger partial charge in [0.1, 0.15) is 0 Å². The third-order valence-corrected chi connectivity index (χ3v) is 3.78. The molecule has 1 aromatic heterocycles. The minimum Gasteiger partial charge on any atom is -0.339 e. The van der Waals surface area contributed by atoms with Gasteiger partial charge in [0.25, 0.3) is 0 Å². The van der Waals surface area contributed by atoms with E-state index in [0.29, 0.717) is 18.9 Å². The summed E-state index contributed by atoms with van der Waals surface area (Å²) in [5.74, 6) is 1.42. The molecule has 5 heteroatoms. The number of aromatic nitrogens is 2. The molecule has 0 bridgehead atoms. The summed E-state index contributed by atoms with van der Waals surface area (Å²) >= 11 is 0. The van der Waals surface area contributed by atoms with E-state index in [0.717, 1.165) is 24.4 Å². The van der Waals surface area contributed by atoms with Gasteiger partial charge in [-0.05, 0) is 25.5 Å². The van der Waals surface area contributed by atoms with E-state index in [-0.39, 0.29) is 11.8 Å². The van der Waals surface area contributed by atoms with E-state index in [1.807, 2.05) is 31.2 Å². The first-order valence-corrected chi connectivity index (χ1v) is 7.37. The van der Waals surface area contributed by atoms with Gasteiger partial charge in [-0.3, -0.25) is 4.79 Å². The quantitative estimate of drug-likeness (QED) is 0.866. The second-order valence-corrected chi connectivity index (χ2v) is 5.54. The van der Waals surface area contributed by atoms with Crippen molar-refractivity contribution in [3.05, 3.63) is 41.5 Å². The Morgan fingerprint density at radius 1 is 1.33 bits per heavy atom. The highest BCUT2D eigenvalue weighted by molar-refractivity contribution is 5.96. The van der Waals surface area contributed by atoms with Gasteiger partial charge in [0, 0.05) is 25.1 Å². The number of benzene rings is 1. The molecule has 0 spiro atoms. The minimum absolute atomic E-state index is 0.00286. The van der Waals surface area contributed by atoms with Crippen molar-refractivity contribution in [3.63, 3.8) is 0 Å². The summed E-state index contributed by atoms with van der Waals surface area (Å²) in [7, 11) is 0. The average Bonchev–Trinajstić information content (AvgIpc) is 3.07. The zero-order valence-corrected chi connectivity index (χ0v) is 12.4. The van der Waals surface area contributed by atoms with Crippen LogP contribution in [0.4, 0.5) is 5.69 Å². The summed E-state index contributed by atoms with van der Waals surface area (Å²) in [6, 6.07) is 7.99. The molecule has 1 aromatic carbocycles. The highest BCUT2D eigenvalue weighted by Crippen LogP contribution is 2.31. The van der Waals surface area contributed by atoms with Crippen molar-refractivity contribution < 1.29 is 9.32 Å². The second-order valence-electron chi connectivity index (χ2n) is 5.54. The number of anilines is 1. The summed E-state index contributed by atoms with van der Waals surface area (Å²) in [5, 5.41) is 3.97. The summed E-state index contributed by atoms with van der Waals surface area (Å²) in [6.07, 6.45) is 2.23. The zero-order chi connectivity index (χ0) is 14.8. The van der Waals surface area contributed by atoms with E-state index in [2.05, 4.69) is 17.1 Å². The van der Waals surface area contributed by atoms with Crippen LogP contribution < -0.4 is 4.90 Å². The van der Waals surface area contributed by atoms with E-state index < -0.39 is 0 Å². The number of aryl methyl sites for hydroxylation is 2. The average molecular weight is 285 g/mol. The van der Waals surface area contributed by atoms with Crippen LogP contribution in [0.5, 0.6) is 0 Å². The molecule has 0 N–H and O–H groups in total. The number of carbonyl (C=O) groups is 1. The monoisotopic (exact) mass is 285 g/mol. The predicted octanol–water partition coefficient (Wildman–Crippen LogP) is 2.85. The van der Waals surface area contributed by atoms with Crippen LogP contribution in [0.3, 0.4) is 0 Å². The number of rotatable bonds is 4. The molecule has 1 unspecified atom stereocenters. The highest BCUT2D eigenvalue weighted by atomic mass is 16.5. The Kier molecular flexibility index (Phi) is 3.73. The summed E-state index contributed by atoms with van der Waals surface area (Å²) in [6.45, 7) is 4.72. The molecule has 3 rings (SSSR count).